The Balaban J connectivity index is 2.34. The van der Waals surface area contributed by atoms with Crippen LogP contribution in [0, 0.1) is 0 Å². The third-order valence-electron chi connectivity index (χ3n) is 1.58. The van der Waals surface area contributed by atoms with Crippen LogP contribution < -0.4 is 0 Å². The molecule has 0 aliphatic heterocycles. The molecule has 0 aliphatic carbocycles. The van der Waals surface area contributed by atoms with Crippen molar-refractivity contribution in [1.82, 2.24) is 15.1 Å². The van der Waals surface area contributed by atoms with Gasteiger partial charge in [-0.25, -0.2) is 4.98 Å². The molecule has 0 saturated heterocycles. The lowest BCUT2D eigenvalue weighted by Gasteiger charge is -1.92. The fourth-order valence-corrected chi connectivity index (χ4v) is 0.941. The molecule has 0 fully saturated rings. The molecule has 2 heterocycles. The predicted molar refractivity (Wildman–Crippen MR) is 45.1 cm³/mol. The molecule has 0 saturated carbocycles. The van der Waals surface area contributed by atoms with Crippen LogP contribution in [0.15, 0.2) is 22.9 Å². The van der Waals surface area contributed by atoms with Crippen molar-refractivity contribution in [2.75, 3.05) is 0 Å². The van der Waals surface area contributed by atoms with E-state index in [1.165, 1.54) is 12.3 Å². The standard InChI is InChI=1S/C8H7N3O3/c12-4-7-10-8(11-14-7)6-2-1-5(13)3-9-6/h1-3,12-13H,4H2. The lowest BCUT2D eigenvalue weighted by molar-refractivity contribution is 0.222. The van der Waals surface area contributed by atoms with E-state index in [-0.39, 0.29) is 24.1 Å². The molecule has 2 aromatic heterocycles. The zero-order chi connectivity index (χ0) is 9.97. The minimum atomic E-state index is -0.301. The topological polar surface area (TPSA) is 92.3 Å². The molecule has 0 radical (unpaired) electrons. The van der Waals surface area contributed by atoms with Gasteiger partial charge in [-0.1, -0.05) is 5.16 Å². The molecule has 2 N–H and O–H groups in total. The first-order chi connectivity index (χ1) is 6.79. The van der Waals surface area contributed by atoms with Crippen molar-refractivity contribution in [2.24, 2.45) is 0 Å². The number of rotatable bonds is 2. The lowest BCUT2D eigenvalue weighted by atomic mass is 10.3. The smallest absolute Gasteiger partial charge is 0.252 e. The Hall–Kier alpha value is -1.95. The zero-order valence-electron chi connectivity index (χ0n) is 7.08. The second kappa shape index (κ2) is 3.43. The van der Waals surface area contributed by atoms with Crippen molar-refractivity contribution in [3.8, 4) is 17.3 Å². The van der Waals surface area contributed by atoms with Gasteiger partial charge in [0, 0.05) is 0 Å². The van der Waals surface area contributed by atoms with E-state index in [1.807, 2.05) is 0 Å². The zero-order valence-corrected chi connectivity index (χ0v) is 7.08. The third-order valence-corrected chi connectivity index (χ3v) is 1.58. The van der Waals surface area contributed by atoms with Gasteiger partial charge in [0.2, 0.25) is 5.82 Å². The normalized spacial score (nSPS) is 10.4. The summed E-state index contributed by atoms with van der Waals surface area (Å²) in [5.41, 5.74) is 0.478. The highest BCUT2D eigenvalue weighted by Crippen LogP contribution is 2.15. The highest BCUT2D eigenvalue weighted by Gasteiger charge is 2.08. The maximum absolute atomic E-state index is 8.99. The molecular formula is C8H7N3O3. The molecule has 0 amide bonds. The Morgan fingerprint density at radius 3 is 2.79 bits per heavy atom. The quantitative estimate of drug-likeness (QED) is 0.713. The fraction of sp³-hybridized carbons (Fsp3) is 0.125. The number of aromatic hydroxyl groups is 1. The monoisotopic (exact) mass is 193 g/mol. The van der Waals surface area contributed by atoms with E-state index in [2.05, 4.69) is 19.6 Å². The highest BCUT2D eigenvalue weighted by molar-refractivity contribution is 5.48. The number of aliphatic hydroxyl groups is 1. The number of pyridine rings is 1. The van der Waals surface area contributed by atoms with Gasteiger partial charge in [-0.15, -0.1) is 0 Å². The first kappa shape index (κ1) is 8.64. The average Bonchev–Trinajstić information content (AvgIpc) is 2.67. The summed E-state index contributed by atoms with van der Waals surface area (Å²) in [5.74, 6) is 0.489. The van der Waals surface area contributed by atoms with Crippen LogP contribution in [0.1, 0.15) is 5.89 Å². The molecule has 72 valence electrons. The maximum Gasteiger partial charge on any atom is 0.252 e. The lowest BCUT2D eigenvalue weighted by Crippen LogP contribution is -1.86. The van der Waals surface area contributed by atoms with E-state index in [0.717, 1.165) is 0 Å². The second-order valence-electron chi connectivity index (χ2n) is 2.57. The number of aliphatic hydroxyl groups excluding tert-OH is 1. The maximum atomic E-state index is 8.99. The molecule has 6 nitrogen and oxygen atoms in total. The molecule has 0 bridgehead atoms. The summed E-state index contributed by atoms with van der Waals surface area (Å²) in [6, 6.07) is 3.03. The minimum Gasteiger partial charge on any atom is -0.506 e. The van der Waals surface area contributed by atoms with Crippen molar-refractivity contribution in [3.63, 3.8) is 0 Å². The van der Waals surface area contributed by atoms with Gasteiger partial charge in [-0.3, -0.25) is 0 Å². The summed E-state index contributed by atoms with van der Waals surface area (Å²) < 4.78 is 4.68. The van der Waals surface area contributed by atoms with E-state index in [0.29, 0.717) is 5.69 Å². The van der Waals surface area contributed by atoms with Crippen LogP contribution in [-0.2, 0) is 6.61 Å². The van der Waals surface area contributed by atoms with E-state index < -0.39 is 0 Å². The summed E-state index contributed by atoms with van der Waals surface area (Å²) in [6.07, 6.45) is 1.28. The summed E-state index contributed by atoms with van der Waals surface area (Å²) >= 11 is 0. The van der Waals surface area contributed by atoms with Crippen molar-refractivity contribution in [2.45, 2.75) is 6.61 Å². The average molecular weight is 193 g/mol. The summed E-state index contributed by atoms with van der Waals surface area (Å²) in [7, 11) is 0. The van der Waals surface area contributed by atoms with Crippen molar-refractivity contribution in [3.05, 3.63) is 24.2 Å². The van der Waals surface area contributed by atoms with Gasteiger partial charge >= 0.3 is 0 Å². The van der Waals surface area contributed by atoms with E-state index in [1.54, 1.807) is 6.07 Å². The van der Waals surface area contributed by atoms with Crippen LogP contribution >= 0.6 is 0 Å². The molecule has 0 aromatic carbocycles. The molecule has 0 spiro atoms. The molecule has 14 heavy (non-hydrogen) atoms. The van der Waals surface area contributed by atoms with Gasteiger partial charge in [-0.05, 0) is 12.1 Å². The Kier molecular flexibility index (Phi) is 2.11. The first-order valence-electron chi connectivity index (χ1n) is 3.88. The van der Waals surface area contributed by atoms with Gasteiger partial charge in [0.25, 0.3) is 5.89 Å². The summed E-state index contributed by atoms with van der Waals surface area (Å²) in [6.45, 7) is -0.301. The SMILES string of the molecule is OCc1nc(-c2ccc(O)cn2)no1. The summed E-state index contributed by atoms with van der Waals surface area (Å²) in [4.78, 5) is 7.74. The number of aromatic nitrogens is 3. The van der Waals surface area contributed by atoms with E-state index >= 15 is 0 Å². The van der Waals surface area contributed by atoms with Gasteiger partial charge < -0.3 is 14.7 Å². The van der Waals surface area contributed by atoms with Crippen LogP contribution in [0.2, 0.25) is 0 Å². The van der Waals surface area contributed by atoms with Gasteiger partial charge in [0.1, 0.15) is 18.1 Å². The van der Waals surface area contributed by atoms with E-state index in [4.69, 9.17) is 10.2 Å². The van der Waals surface area contributed by atoms with Crippen molar-refractivity contribution in [1.29, 1.82) is 0 Å². The largest absolute Gasteiger partial charge is 0.506 e. The van der Waals surface area contributed by atoms with Crippen LogP contribution in [0.4, 0.5) is 0 Å². The Labute approximate surface area is 78.8 Å². The molecule has 0 atom stereocenters. The van der Waals surface area contributed by atoms with Crippen LogP contribution in [0.25, 0.3) is 11.5 Å². The van der Waals surface area contributed by atoms with Gasteiger partial charge in [0.05, 0.1) is 6.20 Å². The highest BCUT2D eigenvalue weighted by atomic mass is 16.5. The molecular weight excluding hydrogens is 186 g/mol. The minimum absolute atomic E-state index is 0.0691. The Morgan fingerprint density at radius 1 is 1.36 bits per heavy atom. The van der Waals surface area contributed by atoms with Crippen LogP contribution in [-0.4, -0.2) is 25.3 Å². The first-order valence-corrected chi connectivity index (χ1v) is 3.88. The molecule has 2 rings (SSSR count). The summed E-state index contributed by atoms with van der Waals surface area (Å²) in [5, 5.41) is 21.3. The number of hydrogen-bond acceptors (Lipinski definition) is 6. The van der Waals surface area contributed by atoms with Crippen molar-refractivity contribution < 1.29 is 14.7 Å². The van der Waals surface area contributed by atoms with Crippen LogP contribution in [0.3, 0.4) is 0 Å². The third kappa shape index (κ3) is 1.55. The van der Waals surface area contributed by atoms with Gasteiger partial charge in [0.15, 0.2) is 0 Å². The van der Waals surface area contributed by atoms with Crippen molar-refractivity contribution >= 4 is 0 Å². The molecule has 0 unspecified atom stereocenters. The molecule has 6 heteroatoms. The Bertz CT molecular complexity index is 424. The number of nitrogens with zero attached hydrogens (tertiary/aromatic N) is 3. The predicted octanol–water partition coefficient (Wildman–Crippen LogP) is 0.329. The fourth-order valence-electron chi connectivity index (χ4n) is 0.941. The van der Waals surface area contributed by atoms with E-state index in [9.17, 15) is 0 Å². The van der Waals surface area contributed by atoms with Gasteiger partial charge in [-0.2, -0.15) is 4.98 Å². The van der Waals surface area contributed by atoms with Crippen LogP contribution in [0.5, 0.6) is 5.75 Å². The second-order valence-corrected chi connectivity index (χ2v) is 2.57. The molecule has 2 aromatic rings. The molecule has 0 aliphatic rings. The Morgan fingerprint density at radius 2 is 2.21 bits per heavy atom. The number of hydrogen-bond donors (Lipinski definition) is 2.